The van der Waals surface area contributed by atoms with Crippen LogP contribution in [0.2, 0.25) is 0 Å². The van der Waals surface area contributed by atoms with Gasteiger partial charge in [0, 0.05) is 45.5 Å². The molecule has 2 N–H and O–H groups in total. The number of nitrogens with zero attached hydrogens (tertiary/aromatic N) is 1. The van der Waals surface area contributed by atoms with Gasteiger partial charge in [-0.15, -0.1) is 0 Å². The number of ketones is 1. The molecule has 0 fully saturated rings. The van der Waals surface area contributed by atoms with Gasteiger partial charge in [0.15, 0.2) is 5.78 Å². The first-order valence-corrected chi connectivity index (χ1v) is 10.8. The largest absolute Gasteiger partial charge is 0.362 e. The van der Waals surface area contributed by atoms with E-state index in [0.717, 1.165) is 27.9 Å². The van der Waals surface area contributed by atoms with Crippen molar-refractivity contribution in [3.63, 3.8) is 0 Å². The molecule has 0 saturated carbocycles. The average molecular weight is 466 g/mol. The molecule has 1 aliphatic heterocycles. The number of Topliss-reactive ketones (excluding diaryl/α,β-unsaturated/α-hetero) is 1. The number of carbonyl (C=O) groups excluding carboxylic acids is 2. The van der Waals surface area contributed by atoms with Gasteiger partial charge in [-0.05, 0) is 52.4 Å². The van der Waals surface area contributed by atoms with Crippen LogP contribution in [0.5, 0.6) is 0 Å². The van der Waals surface area contributed by atoms with Crippen LogP contribution < -0.4 is 10.6 Å². The molecule has 0 bridgehead atoms. The molecule has 2 aromatic rings. The minimum atomic E-state index is -0.401. The molecule has 1 aliphatic carbocycles. The number of nitrogens with one attached hydrogen (secondary N) is 2. The van der Waals surface area contributed by atoms with Gasteiger partial charge in [0.2, 0.25) is 0 Å². The third-order valence-corrected chi connectivity index (χ3v) is 6.06. The van der Waals surface area contributed by atoms with Crippen LogP contribution in [0.25, 0.3) is 0 Å². The molecular formula is C24H24BrN3O2. The summed E-state index contributed by atoms with van der Waals surface area (Å²) < 4.78 is 0.836. The third kappa shape index (κ3) is 3.97. The number of benzene rings is 1. The van der Waals surface area contributed by atoms with Gasteiger partial charge < -0.3 is 10.6 Å². The van der Waals surface area contributed by atoms with Crippen molar-refractivity contribution in [2.24, 2.45) is 5.41 Å². The molecule has 1 amide bonds. The van der Waals surface area contributed by atoms with E-state index in [2.05, 4.69) is 45.4 Å². The molecular weight excluding hydrogens is 442 g/mol. The van der Waals surface area contributed by atoms with E-state index < -0.39 is 5.92 Å². The molecule has 0 spiro atoms. The van der Waals surface area contributed by atoms with Crippen LogP contribution in [0.15, 0.2) is 75.7 Å². The van der Waals surface area contributed by atoms with E-state index >= 15 is 0 Å². The van der Waals surface area contributed by atoms with Crippen molar-refractivity contribution >= 4 is 33.4 Å². The number of halogens is 1. The van der Waals surface area contributed by atoms with Crippen molar-refractivity contribution < 1.29 is 9.59 Å². The van der Waals surface area contributed by atoms with Crippen molar-refractivity contribution in [1.82, 2.24) is 10.3 Å². The van der Waals surface area contributed by atoms with Gasteiger partial charge in [-0.25, -0.2) is 4.98 Å². The zero-order chi connectivity index (χ0) is 21.5. The number of amides is 1. The highest BCUT2D eigenvalue weighted by Crippen LogP contribution is 2.46. The SMILES string of the molecule is CC1=C(C(=O)Nc2ccc(Br)cn2)[C@@H](c2ccccc2)C2=C(CC(C)(C)CC2=O)N1. The molecule has 30 heavy (non-hydrogen) atoms. The number of carbonyl (C=O) groups is 2. The normalized spacial score (nSPS) is 20.5. The minimum Gasteiger partial charge on any atom is -0.362 e. The number of rotatable bonds is 3. The summed E-state index contributed by atoms with van der Waals surface area (Å²) in [6, 6.07) is 13.3. The van der Waals surface area contributed by atoms with Crippen molar-refractivity contribution in [1.29, 1.82) is 0 Å². The summed E-state index contributed by atoms with van der Waals surface area (Å²) in [6.45, 7) is 6.11. The predicted octanol–water partition coefficient (Wildman–Crippen LogP) is 5.09. The first-order chi connectivity index (χ1) is 14.2. The lowest BCUT2D eigenvalue weighted by Crippen LogP contribution is -2.39. The molecule has 2 heterocycles. The number of anilines is 1. The molecule has 0 unspecified atom stereocenters. The Morgan fingerprint density at radius 1 is 1.17 bits per heavy atom. The Hall–Kier alpha value is -2.73. The highest BCUT2D eigenvalue weighted by atomic mass is 79.9. The van der Waals surface area contributed by atoms with Gasteiger partial charge >= 0.3 is 0 Å². The fourth-order valence-corrected chi connectivity index (χ4v) is 4.58. The Kier molecular flexibility index (Phi) is 5.36. The maximum absolute atomic E-state index is 13.4. The van der Waals surface area contributed by atoms with E-state index in [1.165, 1.54) is 0 Å². The van der Waals surface area contributed by atoms with Gasteiger partial charge in [0.05, 0.1) is 0 Å². The monoisotopic (exact) mass is 465 g/mol. The van der Waals surface area contributed by atoms with Crippen LogP contribution in [0.3, 0.4) is 0 Å². The Bertz CT molecular complexity index is 1070. The molecule has 5 nitrogen and oxygen atoms in total. The van der Waals surface area contributed by atoms with Gasteiger partial charge in [-0.1, -0.05) is 44.2 Å². The molecule has 0 radical (unpaired) electrons. The Morgan fingerprint density at radius 3 is 2.57 bits per heavy atom. The summed E-state index contributed by atoms with van der Waals surface area (Å²) in [5.74, 6) is -0.0947. The summed E-state index contributed by atoms with van der Waals surface area (Å²) in [5.41, 5.74) is 3.79. The lowest BCUT2D eigenvalue weighted by Gasteiger charge is -2.39. The Balaban J connectivity index is 1.78. The lowest BCUT2D eigenvalue weighted by molar-refractivity contribution is -0.118. The van der Waals surface area contributed by atoms with Crippen molar-refractivity contribution in [2.45, 2.75) is 39.5 Å². The van der Waals surface area contributed by atoms with Crippen LogP contribution in [-0.2, 0) is 9.59 Å². The minimum absolute atomic E-state index is 0.0992. The van der Waals surface area contributed by atoms with Crippen LogP contribution in [-0.4, -0.2) is 16.7 Å². The van der Waals surface area contributed by atoms with Crippen LogP contribution in [0.1, 0.15) is 45.1 Å². The second-order valence-electron chi connectivity index (χ2n) is 8.66. The molecule has 1 atom stereocenters. The van der Waals surface area contributed by atoms with Crippen molar-refractivity contribution in [3.05, 3.63) is 81.2 Å². The number of hydrogen-bond donors (Lipinski definition) is 2. The molecule has 0 saturated heterocycles. The Labute approximate surface area is 184 Å². The molecule has 4 rings (SSSR count). The number of hydrogen-bond acceptors (Lipinski definition) is 4. The summed E-state index contributed by atoms with van der Waals surface area (Å²) in [7, 11) is 0. The highest BCUT2D eigenvalue weighted by Gasteiger charge is 2.42. The number of aromatic nitrogens is 1. The van der Waals surface area contributed by atoms with Crippen LogP contribution in [0.4, 0.5) is 5.82 Å². The summed E-state index contributed by atoms with van der Waals surface area (Å²) in [4.78, 5) is 30.8. The summed E-state index contributed by atoms with van der Waals surface area (Å²) >= 11 is 3.35. The maximum atomic E-state index is 13.4. The molecule has 1 aromatic heterocycles. The Morgan fingerprint density at radius 2 is 1.90 bits per heavy atom. The fraction of sp³-hybridized carbons (Fsp3) is 0.292. The first kappa shape index (κ1) is 20.5. The average Bonchev–Trinajstić information content (AvgIpc) is 2.68. The lowest BCUT2D eigenvalue weighted by atomic mass is 9.68. The van der Waals surface area contributed by atoms with Gasteiger partial charge in [-0.2, -0.15) is 0 Å². The van der Waals surface area contributed by atoms with Crippen LogP contribution in [0, 0.1) is 5.41 Å². The zero-order valence-corrected chi connectivity index (χ0v) is 18.8. The van der Waals surface area contributed by atoms with Crippen LogP contribution >= 0.6 is 15.9 Å². The second kappa shape index (κ2) is 7.84. The van der Waals surface area contributed by atoms with E-state index in [1.807, 2.05) is 43.3 Å². The van der Waals surface area contributed by atoms with Gasteiger partial charge in [0.1, 0.15) is 5.82 Å². The standard InChI is InChI=1S/C24H24BrN3O2/c1-14-20(23(30)28-19-10-9-16(25)13-26-19)21(15-7-5-4-6-8-15)22-17(27-14)11-24(2,3)12-18(22)29/h4-10,13,21,27H,11-12H2,1-3H3,(H,26,28,30)/t21-/m1/s1. The van der Waals surface area contributed by atoms with E-state index in [0.29, 0.717) is 23.4 Å². The number of pyridine rings is 1. The molecule has 2 aliphatic rings. The molecule has 6 heteroatoms. The van der Waals surface area contributed by atoms with E-state index in [9.17, 15) is 9.59 Å². The van der Waals surface area contributed by atoms with Crippen molar-refractivity contribution in [3.8, 4) is 0 Å². The topological polar surface area (TPSA) is 71.1 Å². The predicted molar refractivity (Wildman–Crippen MR) is 121 cm³/mol. The summed E-state index contributed by atoms with van der Waals surface area (Å²) in [6.07, 6.45) is 2.88. The van der Waals surface area contributed by atoms with E-state index in [1.54, 1.807) is 12.3 Å². The van der Waals surface area contributed by atoms with Gasteiger partial charge in [0.25, 0.3) is 5.91 Å². The quantitative estimate of drug-likeness (QED) is 0.662. The van der Waals surface area contributed by atoms with E-state index in [-0.39, 0.29) is 17.1 Å². The first-order valence-electron chi connectivity index (χ1n) is 9.97. The highest BCUT2D eigenvalue weighted by molar-refractivity contribution is 9.10. The fourth-order valence-electron chi connectivity index (χ4n) is 4.35. The molecule has 154 valence electrons. The zero-order valence-electron chi connectivity index (χ0n) is 17.3. The molecule has 1 aromatic carbocycles. The van der Waals surface area contributed by atoms with E-state index in [4.69, 9.17) is 0 Å². The smallest absolute Gasteiger partial charge is 0.255 e. The second-order valence-corrected chi connectivity index (χ2v) is 9.57. The van der Waals surface area contributed by atoms with Crippen molar-refractivity contribution in [2.75, 3.05) is 5.32 Å². The third-order valence-electron chi connectivity index (χ3n) is 5.59. The number of dihydropyridines is 1. The van der Waals surface area contributed by atoms with Gasteiger partial charge in [-0.3, -0.25) is 9.59 Å². The number of allylic oxidation sites excluding steroid dienone is 3. The maximum Gasteiger partial charge on any atom is 0.255 e. The summed E-state index contributed by atoms with van der Waals surface area (Å²) in [5, 5.41) is 6.27.